The Labute approximate surface area is 81.4 Å². The molecular weight excluding hydrogens is 178 g/mol. The summed E-state index contributed by atoms with van der Waals surface area (Å²) in [6.45, 7) is 0.675. The molecule has 0 fully saturated rings. The second-order valence-electron chi connectivity index (χ2n) is 3.45. The number of rotatable bonds is 0. The molecule has 1 unspecified atom stereocenters. The largest absolute Gasteiger partial charge is 0.452 e. The van der Waals surface area contributed by atoms with Gasteiger partial charge in [-0.15, -0.1) is 0 Å². The summed E-state index contributed by atoms with van der Waals surface area (Å²) in [7, 11) is 0. The highest BCUT2D eigenvalue weighted by Gasteiger charge is 2.31. The van der Waals surface area contributed by atoms with E-state index >= 15 is 0 Å². The maximum Gasteiger partial charge on any atom is 0.331 e. The summed E-state index contributed by atoms with van der Waals surface area (Å²) in [5, 5.41) is 3.24. The number of anilines is 1. The van der Waals surface area contributed by atoms with E-state index < -0.39 is 0 Å². The smallest absolute Gasteiger partial charge is 0.331 e. The first-order valence-electron chi connectivity index (χ1n) is 4.60. The molecule has 1 N–H and O–H groups in total. The van der Waals surface area contributed by atoms with Crippen molar-refractivity contribution >= 4 is 17.2 Å². The molecule has 2 aliphatic rings. The van der Waals surface area contributed by atoms with E-state index in [4.69, 9.17) is 4.74 Å². The molecule has 0 spiro atoms. The third-order valence-corrected chi connectivity index (χ3v) is 2.59. The highest BCUT2D eigenvalue weighted by atomic mass is 16.5. The van der Waals surface area contributed by atoms with Gasteiger partial charge in [-0.2, -0.15) is 0 Å². The zero-order valence-corrected chi connectivity index (χ0v) is 7.49. The van der Waals surface area contributed by atoms with Crippen molar-refractivity contribution in [1.29, 1.82) is 0 Å². The molecule has 2 heterocycles. The normalized spacial score (nSPS) is 23.0. The van der Waals surface area contributed by atoms with Crippen LogP contribution in [0.3, 0.4) is 0 Å². The van der Waals surface area contributed by atoms with Gasteiger partial charge in [-0.1, -0.05) is 18.2 Å². The molecule has 1 aromatic carbocycles. The fraction of sp³-hybridized carbons (Fsp3) is 0.182. The van der Waals surface area contributed by atoms with Gasteiger partial charge in [-0.05, 0) is 6.07 Å². The number of para-hydroxylation sites is 1. The number of hydrogen-bond donors (Lipinski definition) is 1. The minimum absolute atomic E-state index is 0.0996. The van der Waals surface area contributed by atoms with E-state index in [9.17, 15) is 4.79 Å². The number of hydrogen-bond acceptors (Lipinski definition) is 3. The summed E-state index contributed by atoms with van der Waals surface area (Å²) in [4.78, 5) is 11.1. The highest BCUT2D eigenvalue weighted by Crippen LogP contribution is 2.34. The Bertz CT molecular complexity index is 437. The fourth-order valence-corrected chi connectivity index (χ4v) is 1.95. The number of esters is 1. The third-order valence-electron chi connectivity index (χ3n) is 2.59. The van der Waals surface area contributed by atoms with Crippen LogP contribution in [0.5, 0.6) is 0 Å². The molecule has 0 bridgehead atoms. The summed E-state index contributed by atoms with van der Waals surface area (Å²) in [6, 6.07) is 7.95. The molecule has 14 heavy (non-hydrogen) atoms. The van der Waals surface area contributed by atoms with Crippen LogP contribution < -0.4 is 5.32 Å². The lowest BCUT2D eigenvalue weighted by Gasteiger charge is -2.24. The molecule has 0 saturated heterocycles. The molecule has 0 aliphatic carbocycles. The van der Waals surface area contributed by atoms with Crippen LogP contribution in [0.2, 0.25) is 0 Å². The minimum Gasteiger partial charge on any atom is -0.452 e. The molecule has 3 nitrogen and oxygen atoms in total. The van der Waals surface area contributed by atoms with E-state index in [1.54, 1.807) is 6.08 Å². The lowest BCUT2D eigenvalue weighted by molar-refractivity contribution is -0.138. The summed E-state index contributed by atoms with van der Waals surface area (Å²) < 4.78 is 5.13. The van der Waals surface area contributed by atoms with Crippen LogP contribution in [0.15, 0.2) is 30.3 Å². The van der Waals surface area contributed by atoms with Gasteiger partial charge in [0.15, 0.2) is 0 Å². The maximum absolute atomic E-state index is 11.1. The fourth-order valence-electron chi connectivity index (χ4n) is 1.95. The second kappa shape index (κ2) is 2.61. The maximum atomic E-state index is 11.1. The Morgan fingerprint density at radius 2 is 2.21 bits per heavy atom. The van der Waals surface area contributed by atoms with Gasteiger partial charge < -0.3 is 10.1 Å². The van der Waals surface area contributed by atoms with Crippen LogP contribution >= 0.6 is 0 Å². The lowest BCUT2D eigenvalue weighted by Crippen LogP contribution is -2.26. The van der Waals surface area contributed by atoms with Crippen LogP contribution in [-0.4, -0.2) is 18.6 Å². The van der Waals surface area contributed by atoms with Gasteiger partial charge >= 0.3 is 5.97 Å². The van der Waals surface area contributed by atoms with Crippen molar-refractivity contribution in [2.45, 2.75) is 6.10 Å². The van der Waals surface area contributed by atoms with E-state index in [2.05, 4.69) is 5.32 Å². The van der Waals surface area contributed by atoms with E-state index in [0.29, 0.717) is 6.54 Å². The average Bonchev–Trinajstić information content (AvgIpc) is 2.59. The van der Waals surface area contributed by atoms with Gasteiger partial charge in [0.25, 0.3) is 0 Å². The summed E-state index contributed by atoms with van der Waals surface area (Å²) in [5.41, 5.74) is 3.16. The standard InChI is InChI=1S/C11H9NO2/c13-11-5-8-7-3-1-2-4-9(7)12-6-10(8)14-11/h1-5,10,12H,6H2. The van der Waals surface area contributed by atoms with E-state index in [1.807, 2.05) is 24.3 Å². The average molecular weight is 187 g/mol. The first-order valence-corrected chi connectivity index (χ1v) is 4.60. The topological polar surface area (TPSA) is 38.3 Å². The molecule has 0 amide bonds. The number of carbonyl (C=O) groups is 1. The molecule has 0 saturated carbocycles. The van der Waals surface area contributed by atoms with Gasteiger partial charge in [-0.25, -0.2) is 4.79 Å². The van der Waals surface area contributed by atoms with E-state index in [1.165, 1.54) is 0 Å². The van der Waals surface area contributed by atoms with Gasteiger partial charge in [0.05, 0.1) is 6.54 Å². The molecule has 1 atom stereocenters. The summed E-state index contributed by atoms with van der Waals surface area (Å²) in [6.07, 6.45) is 1.49. The number of nitrogens with one attached hydrogen (secondary N) is 1. The van der Waals surface area contributed by atoms with Gasteiger partial charge in [0, 0.05) is 22.9 Å². The van der Waals surface area contributed by atoms with E-state index in [-0.39, 0.29) is 12.1 Å². The number of fused-ring (bicyclic) bond motifs is 3. The van der Waals surface area contributed by atoms with Crippen molar-refractivity contribution in [3.63, 3.8) is 0 Å². The van der Waals surface area contributed by atoms with Crippen molar-refractivity contribution < 1.29 is 9.53 Å². The molecule has 0 radical (unpaired) electrons. The Balaban J connectivity index is 2.16. The Kier molecular flexibility index (Phi) is 1.42. The van der Waals surface area contributed by atoms with Gasteiger partial charge in [-0.3, -0.25) is 0 Å². The Morgan fingerprint density at radius 3 is 3.14 bits per heavy atom. The van der Waals surface area contributed by atoms with Crippen LogP contribution in [0, 0.1) is 0 Å². The SMILES string of the molecule is O=C1C=C2c3ccccc3NCC2O1. The predicted octanol–water partition coefficient (Wildman–Crippen LogP) is 1.42. The third kappa shape index (κ3) is 0.954. The van der Waals surface area contributed by atoms with Crippen LogP contribution in [-0.2, 0) is 9.53 Å². The second-order valence-corrected chi connectivity index (χ2v) is 3.45. The molecule has 2 aliphatic heterocycles. The van der Waals surface area contributed by atoms with Crippen molar-refractivity contribution in [2.75, 3.05) is 11.9 Å². The molecule has 70 valence electrons. The Morgan fingerprint density at radius 1 is 1.36 bits per heavy atom. The van der Waals surface area contributed by atoms with Crippen LogP contribution in [0.1, 0.15) is 5.56 Å². The van der Waals surface area contributed by atoms with Crippen molar-refractivity contribution in [3.05, 3.63) is 35.9 Å². The van der Waals surface area contributed by atoms with Crippen LogP contribution in [0.25, 0.3) is 5.57 Å². The van der Waals surface area contributed by atoms with Crippen molar-refractivity contribution in [2.24, 2.45) is 0 Å². The molecule has 3 rings (SSSR count). The van der Waals surface area contributed by atoms with Crippen LogP contribution in [0.4, 0.5) is 5.69 Å². The predicted molar refractivity (Wildman–Crippen MR) is 52.8 cm³/mol. The van der Waals surface area contributed by atoms with Gasteiger partial charge in [0.1, 0.15) is 6.10 Å². The number of carbonyl (C=O) groups excluding carboxylic acids is 1. The first-order chi connectivity index (χ1) is 6.84. The first kappa shape index (κ1) is 7.62. The van der Waals surface area contributed by atoms with Gasteiger partial charge in [0.2, 0.25) is 0 Å². The van der Waals surface area contributed by atoms with E-state index in [0.717, 1.165) is 16.8 Å². The Hall–Kier alpha value is -1.77. The highest BCUT2D eigenvalue weighted by molar-refractivity contribution is 6.00. The lowest BCUT2D eigenvalue weighted by atomic mass is 9.96. The quantitative estimate of drug-likeness (QED) is 0.624. The summed E-state index contributed by atoms with van der Waals surface area (Å²) >= 11 is 0. The molecular formula is C11H9NO2. The number of ether oxygens (including phenoxy) is 1. The van der Waals surface area contributed by atoms with Crippen molar-refractivity contribution in [3.8, 4) is 0 Å². The monoisotopic (exact) mass is 187 g/mol. The molecule has 3 heteroatoms. The van der Waals surface area contributed by atoms with Crippen molar-refractivity contribution in [1.82, 2.24) is 0 Å². The molecule has 0 aromatic heterocycles. The summed E-state index contributed by atoms with van der Waals surface area (Å²) in [5.74, 6) is -0.233. The number of benzene rings is 1. The zero-order chi connectivity index (χ0) is 9.54. The molecule has 1 aromatic rings. The minimum atomic E-state index is -0.233. The zero-order valence-electron chi connectivity index (χ0n) is 7.49.